The SMILES string of the molecule is CC(CO)C(C)NC(C/C(N)=N/O)c1ccccc1. The van der Waals surface area contributed by atoms with Crippen LogP contribution < -0.4 is 11.1 Å². The van der Waals surface area contributed by atoms with Crippen LogP contribution in [0.25, 0.3) is 0 Å². The summed E-state index contributed by atoms with van der Waals surface area (Å²) in [6, 6.07) is 9.94. The second-order valence-electron chi connectivity index (χ2n) is 4.87. The third-order valence-corrected chi connectivity index (χ3v) is 3.35. The Balaban J connectivity index is 2.81. The fraction of sp³-hybridized carbons (Fsp3) is 0.500. The normalized spacial score (nSPS) is 16.9. The highest BCUT2D eigenvalue weighted by Crippen LogP contribution is 2.18. The van der Waals surface area contributed by atoms with Gasteiger partial charge in [-0.25, -0.2) is 0 Å². The lowest BCUT2D eigenvalue weighted by molar-refractivity contribution is 0.201. The molecule has 5 nitrogen and oxygen atoms in total. The number of amidine groups is 1. The smallest absolute Gasteiger partial charge is 0.141 e. The summed E-state index contributed by atoms with van der Waals surface area (Å²) in [7, 11) is 0. The first-order chi connectivity index (χ1) is 9.08. The lowest BCUT2D eigenvalue weighted by Crippen LogP contribution is -2.38. The number of nitrogens with zero attached hydrogens (tertiary/aromatic N) is 1. The minimum Gasteiger partial charge on any atom is -0.409 e. The summed E-state index contributed by atoms with van der Waals surface area (Å²) in [6.07, 6.45) is 0.420. The van der Waals surface area contributed by atoms with Crippen molar-refractivity contribution in [2.24, 2.45) is 16.8 Å². The summed E-state index contributed by atoms with van der Waals surface area (Å²) in [5.41, 5.74) is 6.68. The number of benzene rings is 1. The molecule has 0 aliphatic rings. The van der Waals surface area contributed by atoms with Crippen LogP contribution in [-0.2, 0) is 0 Å². The molecule has 0 aromatic heterocycles. The summed E-state index contributed by atoms with van der Waals surface area (Å²) in [4.78, 5) is 0. The van der Waals surface area contributed by atoms with Crippen LogP contribution >= 0.6 is 0 Å². The summed E-state index contributed by atoms with van der Waals surface area (Å²) < 4.78 is 0. The largest absolute Gasteiger partial charge is 0.409 e. The van der Waals surface area contributed by atoms with Gasteiger partial charge in [-0.05, 0) is 18.4 Å². The zero-order valence-corrected chi connectivity index (χ0v) is 11.5. The van der Waals surface area contributed by atoms with Crippen molar-refractivity contribution >= 4 is 5.84 Å². The molecule has 5 N–H and O–H groups in total. The lowest BCUT2D eigenvalue weighted by atomic mass is 9.98. The highest BCUT2D eigenvalue weighted by molar-refractivity contribution is 5.80. The molecule has 1 aromatic rings. The number of oxime groups is 1. The van der Waals surface area contributed by atoms with E-state index in [9.17, 15) is 5.11 Å². The average molecular weight is 265 g/mol. The maximum Gasteiger partial charge on any atom is 0.141 e. The second kappa shape index (κ2) is 7.76. The van der Waals surface area contributed by atoms with Gasteiger partial charge in [-0.2, -0.15) is 0 Å². The van der Waals surface area contributed by atoms with Crippen LogP contribution in [0.1, 0.15) is 31.9 Å². The molecule has 0 saturated carbocycles. The zero-order chi connectivity index (χ0) is 14.3. The number of nitrogens with one attached hydrogen (secondary N) is 1. The van der Waals surface area contributed by atoms with E-state index in [1.807, 2.05) is 44.2 Å². The molecule has 0 heterocycles. The number of nitrogens with two attached hydrogens (primary N) is 1. The molecular weight excluding hydrogens is 242 g/mol. The van der Waals surface area contributed by atoms with Gasteiger partial charge < -0.3 is 21.4 Å². The average Bonchev–Trinajstić information content (AvgIpc) is 2.46. The summed E-state index contributed by atoms with van der Waals surface area (Å²) in [6.45, 7) is 4.12. The Labute approximate surface area is 114 Å². The molecule has 0 saturated heterocycles. The second-order valence-corrected chi connectivity index (χ2v) is 4.87. The Morgan fingerprint density at radius 1 is 1.32 bits per heavy atom. The van der Waals surface area contributed by atoms with Crippen molar-refractivity contribution in [2.45, 2.75) is 32.4 Å². The lowest BCUT2D eigenvalue weighted by Gasteiger charge is -2.26. The van der Waals surface area contributed by atoms with Gasteiger partial charge in [-0.1, -0.05) is 42.4 Å². The minimum absolute atomic E-state index is 0.0406. The molecule has 0 fully saturated rings. The minimum atomic E-state index is -0.0406. The Kier molecular flexibility index (Phi) is 6.32. The van der Waals surface area contributed by atoms with E-state index in [4.69, 9.17) is 10.9 Å². The molecule has 0 radical (unpaired) electrons. The van der Waals surface area contributed by atoms with Gasteiger partial charge in [-0.15, -0.1) is 0 Å². The Morgan fingerprint density at radius 2 is 1.95 bits per heavy atom. The Bertz CT molecular complexity index is 395. The van der Waals surface area contributed by atoms with Crippen LogP contribution in [0.15, 0.2) is 35.5 Å². The van der Waals surface area contributed by atoms with E-state index in [2.05, 4.69) is 10.5 Å². The highest BCUT2D eigenvalue weighted by atomic mass is 16.4. The first-order valence-corrected chi connectivity index (χ1v) is 6.46. The van der Waals surface area contributed by atoms with E-state index in [1.54, 1.807) is 0 Å². The van der Waals surface area contributed by atoms with Gasteiger partial charge in [0.15, 0.2) is 0 Å². The molecule has 1 aromatic carbocycles. The van der Waals surface area contributed by atoms with Crippen LogP contribution in [0.2, 0.25) is 0 Å². The predicted molar refractivity (Wildman–Crippen MR) is 76.1 cm³/mol. The van der Waals surface area contributed by atoms with E-state index >= 15 is 0 Å². The van der Waals surface area contributed by atoms with Crippen molar-refractivity contribution in [1.29, 1.82) is 0 Å². The molecule has 0 aliphatic carbocycles. The summed E-state index contributed by atoms with van der Waals surface area (Å²) in [5.74, 6) is 0.323. The van der Waals surface area contributed by atoms with Crippen LogP contribution in [0, 0.1) is 5.92 Å². The number of aliphatic hydroxyl groups is 1. The van der Waals surface area contributed by atoms with Gasteiger partial charge in [-0.3, -0.25) is 0 Å². The van der Waals surface area contributed by atoms with E-state index < -0.39 is 0 Å². The van der Waals surface area contributed by atoms with E-state index in [-0.39, 0.29) is 30.4 Å². The van der Waals surface area contributed by atoms with E-state index in [0.29, 0.717) is 6.42 Å². The topological polar surface area (TPSA) is 90.9 Å². The van der Waals surface area contributed by atoms with Crippen molar-refractivity contribution in [1.82, 2.24) is 5.32 Å². The third kappa shape index (κ3) is 4.89. The first kappa shape index (κ1) is 15.5. The van der Waals surface area contributed by atoms with Crippen molar-refractivity contribution < 1.29 is 10.3 Å². The van der Waals surface area contributed by atoms with Gasteiger partial charge in [0, 0.05) is 25.1 Å². The molecule has 0 spiro atoms. The molecule has 3 atom stereocenters. The molecule has 106 valence electrons. The molecular formula is C14H23N3O2. The first-order valence-electron chi connectivity index (χ1n) is 6.46. The summed E-state index contributed by atoms with van der Waals surface area (Å²) in [5, 5.41) is 24.4. The molecule has 1 rings (SSSR count). The van der Waals surface area contributed by atoms with Gasteiger partial charge in [0.1, 0.15) is 5.84 Å². The van der Waals surface area contributed by atoms with Gasteiger partial charge in [0.05, 0.1) is 0 Å². The fourth-order valence-corrected chi connectivity index (χ4v) is 1.85. The molecule has 0 bridgehead atoms. The van der Waals surface area contributed by atoms with E-state index in [1.165, 1.54) is 0 Å². The highest BCUT2D eigenvalue weighted by Gasteiger charge is 2.19. The zero-order valence-electron chi connectivity index (χ0n) is 11.5. The van der Waals surface area contributed by atoms with Gasteiger partial charge in [0.25, 0.3) is 0 Å². The Hall–Kier alpha value is -1.59. The van der Waals surface area contributed by atoms with Crippen LogP contribution in [0.3, 0.4) is 0 Å². The van der Waals surface area contributed by atoms with Crippen LogP contribution in [-0.4, -0.2) is 28.8 Å². The molecule has 0 aliphatic heterocycles. The van der Waals surface area contributed by atoms with Crippen molar-refractivity contribution in [3.8, 4) is 0 Å². The number of aliphatic hydroxyl groups excluding tert-OH is 1. The number of hydrogen-bond acceptors (Lipinski definition) is 4. The Morgan fingerprint density at radius 3 is 2.47 bits per heavy atom. The third-order valence-electron chi connectivity index (χ3n) is 3.35. The monoisotopic (exact) mass is 265 g/mol. The summed E-state index contributed by atoms with van der Waals surface area (Å²) >= 11 is 0. The van der Waals surface area contributed by atoms with E-state index in [0.717, 1.165) is 5.56 Å². The molecule has 5 heteroatoms. The van der Waals surface area contributed by atoms with Crippen LogP contribution in [0.5, 0.6) is 0 Å². The van der Waals surface area contributed by atoms with Crippen molar-refractivity contribution in [3.63, 3.8) is 0 Å². The molecule has 3 unspecified atom stereocenters. The number of rotatable bonds is 7. The number of hydrogen-bond donors (Lipinski definition) is 4. The quantitative estimate of drug-likeness (QED) is 0.260. The van der Waals surface area contributed by atoms with Crippen molar-refractivity contribution in [3.05, 3.63) is 35.9 Å². The van der Waals surface area contributed by atoms with Gasteiger partial charge in [0.2, 0.25) is 0 Å². The predicted octanol–water partition coefficient (Wildman–Crippen LogP) is 1.47. The molecule has 19 heavy (non-hydrogen) atoms. The maximum absolute atomic E-state index is 9.19. The molecule has 0 amide bonds. The van der Waals surface area contributed by atoms with Gasteiger partial charge >= 0.3 is 0 Å². The fourth-order valence-electron chi connectivity index (χ4n) is 1.85. The van der Waals surface area contributed by atoms with Crippen LogP contribution in [0.4, 0.5) is 0 Å². The standard InChI is InChI=1S/C14H23N3O2/c1-10(9-18)11(2)16-13(8-14(15)17-19)12-6-4-3-5-7-12/h3-7,10-11,13,16,18-19H,8-9H2,1-2H3,(H2,15,17). The maximum atomic E-state index is 9.19. The van der Waals surface area contributed by atoms with Crippen molar-refractivity contribution in [2.75, 3.05) is 6.61 Å².